The average Bonchev–Trinajstić information content (AvgIpc) is 2.74. The molecular formula is C12H9N3OS. The molecule has 0 atom stereocenters. The van der Waals surface area contributed by atoms with Crippen LogP contribution in [0.5, 0.6) is 0 Å². The van der Waals surface area contributed by atoms with Crippen molar-refractivity contribution >= 4 is 28.6 Å². The SMILES string of the molecule is CC(=O)Nc1ccc2c(c1)=NC=2c1cncs1. The molecule has 1 N–H and O–H groups in total. The van der Waals surface area contributed by atoms with Crippen LogP contribution in [-0.2, 0) is 4.79 Å². The number of nitrogens with zero attached hydrogens (tertiary/aromatic N) is 2. The Hall–Kier alpha value is -2.01. The summed E-state index contributed by atoms with van der Waals surface area (Å²) in [6.45, 7) is 1.49. The van der Waals surface area contributed by atoms with Gasteiger partial charge in [0.25, 0.3) is 0 Å². The quantitative estimate of drug-likeness (QED) is 0.851. The van der Waals surface area contributed by atoms with E-state index in [1.807, 2.05) is 24.4 Å². The second kappa shape index (κ2) is 3.78. The molecule has 0 radical (unpaired) electrons. The molecule has 1 aliphatic heterocycles. The van der Waals surface area contributed by atoms with E-state index in [0.717, 1.165) is 26.8 Å². The lowest BCUT2D eigenvalue weighted by Gasteiger charge is -2.09. The number of hydrogen-bond acceptors (Lipinski definition) is 4. The Labute approximate surface area is 101 Å². The van der Waals surface area contributed by atoms with Gasteiger partial charge >= 0.3 is 0 Å². The van der Waals surface area contributed by atoms with E-state index in [-0.39, 0.29) is 5.91 Å². The Balaban J connectivity index is 2.03. The Morgan fingerprint density at radius 1 is 1.41 bits per heavy atom. The Bertz CT molecular complexity index is 704. The summed E-state index contributed by atoms with van der Waals surface area (Å²) >= 11 is 1.57. The van der Waals surface area contributed by atoms with Crippen molar-refractivity contribution in [1.29, 1.82) is 0 Å². The van der Waals surface area contributed by atoms with E-state index in [0.29, 0.717) is 0 Å². The second-order valence-electron chi connectivity index (χ2n) is 3.74. The largest absolute Gasteiger partial charge is 0.326 e. The highest BCUT2D eigenvalue weighted by molar-refractivity contribution is 7.10. The summed E-state index contributed by atoms with van der Waals surface area (Å²) in [5.74, 6) is -0.0732. The molecule has 17 heavy (non-hydrogen) atoms. The maximum atomic E-state index is 10.9. The van der Waals surface area contributed by atoms with Crippen molar-refractivity contribution in [2.24, 2.45) is 4.99 Å². The van der Waals surface area contributed by atoms with Gasteiger partial charge in [0.1, 0.15) is 0 Å². The molecule has 0 saturated carbocycles. The number of nitrogens with one attached hydrogen (secondary N) is 1. The van der Waals surface area contributed by atoms with Gasteiger partial charge in [0, 0.05) is 24.0 Å². The summed E-state index contributed by atoms with van der Waals surface area (Å²) in [6, 6.07) is 5.74. The van der Waals surface area contributed by atoms with E-state index in [1.54, 1.807) is 16.8 Å². The first-order chi connectivity index (χ1) is 8.24. The summed E-state index contributed by atoms with van der Waals surface area (Å²) in [4.78, 5) is 20.5. The fourth-order valence-corrected chi connectivity index (χ4v) is 2.38. The van der Waals surface area contributed by atoms with E-state index >= 15 is 0 Å². The van der Waals surface area contributed by atoms with Gasteiger partial charge in [-0.1, -0.05) is 0 Å². The lowest BCUT2D eigenvalue weighted by atomic mass is 10.1. The number of thiazole rings is 1. The van der Waals surface area contributed by atoms with Gasteiger partial charge in [-0.05, 0) is 18.2 Å². The molecule has 5 heteroatoms. The fourth-order valence-electron chi connectivity index (χ4n) is 1.75. The number of carbonyl (C=O) groups excluding carboxylic acids is 1. The summed E-state index contributed by atoms with van der Waals surface area (Å²) in [7, 11) is 0. The van der Waals surface area contributed by atoms with Crippen LogP contribution in [0.1, 0.15) is 11.8 Å². The molecule has 0 unspecified atom stereocenters. The normalized spacial score (nSPS) is 12.4. The molecule has 3 rings (SSSR count). The van der Waals surface area contributed by atoms with Gasteiger partial charge in [-0.15, -0.1) is 11.3 Å². The van der Waals surface area contributed by atoms with Crippen molar-refractivity contribution in [3.8, 4) is 0 Å². The van der Waals surface area contributed by atoms with Gasteiger partial charge in [-0.2, -0.15) is 0 Å². The lowest BCUT2D eigenvalue weighted by Crippen LogP contribution is -2.35. The monoisotopic (exact) mass is 243 g/mol. The minimum atomic E-state index is -0.0732. The zero-order valence-electron chi connectivity index (χ0n) is 9.10. The molecule has 0 spiro atoms. The summed E-state index contributed by atoms with van der Waals surface area (Å²) in [5, 5.41) is 4.77. The van der Waals surface area contributed by atoms with Crippen molar-refractivity contribution in [1.82, 2.24) is 4.98 Å². The first kappa shape index (κ1) is 10.2. The molecule has 2 aromatic rings. The van der Waals surface area contributed by atoms with Gasteiger partial charge < -0.3 is 5.32 Å². The highest BCUT2D eigenvalue weighted by atomic mass is 32.1. The van der Waals surface area contributed by atoms with Crippen molar-refractivity contribution in [3.05, 3.63) is 45.4 Å². The number of anilines is 1. The number of fused-ring (bicyclic) bond motifs is 1. The predicted octanol–water partition coefficient (Wildman–Crippen LogP) is 0.891. The average molecular weight is 243 g/mol. The smallest absolute Gasteiger partial charge is 0.221 e. The summed E-state index contributed by atoms with van der Waals surface area (Å²) in [6.07, 6.45) is 1.81. The Kier molecular flexibility index (Phi) is 2.26. The molecule has 0 bridgehead atoms. The van der Waals surface area contributed by atoms with Gasteiger partial charge in [0.15, 0.2) is 0 Å². The zero-order valence-corrected chi connectivity index (χ0v) is 9.91. The molecular weight excluding hydrogens is 234 g/mol. The Morgan fingerprint density at radius 3 is 2.94 bits per heavy atom. The van der Waals surface area contributed by atoms with Crippen molar-refractivity contribution in [2.45, 2.75) is 6.92 Å². The van der Waals surface area contributed by atoms with E-state index in [2.05, 4.69) is 15.3 Å². The molecule has 0 aliphatic carbocycles. The highest BCUT2D eigenvalue weighted by Crippen LogP contribution is 2.18. The number of rotatable bonds is 2. The van der Waals surface area contributed by atoms with E-state index in [1.165, 1.54) is 6.92 Å². The van der Waals surface area contributed by atoms with Gasteiger partial charge in [-0.3, -0.25) is 9.78 Å². The number of carbonyl (C=O) groups is 1. The molecule has 1 aliphatic rings. The van der Waals surface area contributed by atoms with Crippen LogP contribution in [0.25, 0.3) is 5.70 Å². The topological polar surface area (TPSA) is 54.4 Å². The third kappa shape index (κ3) is 1.74. The van der Waals surface area contributed by atoms with Crippen molar-refractivity contribution in [3.63, 3.8) is 0 Å². The summed E-state index contributed by atoms with van der Waals surface area (Å²) < 4.78 is 0. The van der Waals surface area contributed by atoms with Gasteiger partial charge in [0.05, 0.1) is 21.4 Å². The lowest BCUT2D eigenvalue weighted by molar-refractivity contribution is -0.114. The van der Waals surface area contributed by atoms with Crippen LogP contribution in [0.3, 0.4) is 0 Å². The van der Waals surface area contributed by atoms with E-state index < -0.39 is 0 Å². The number of amides is 1. The first-order valence-corrected chi connectivity index (χ1v) is 6.01. The summed E-state index contributed by atoms with van der Waals surface area (Å²) in [5.41, 5.74) is 3.56. The number of hydrogen-bond donors (Lipinski definition) is 1. The first-order valence-electron chi connectivity index (χ1n) is 5.13. The van der Waals surface area contributed by atoms with Crippen LogP contribution < -0.4 is 15.9 Å². The third-order valence-corrected chi connectivity index (χ3v) is 3.25. The molecule has 1 aromatic carbocycles. The number of aromatic nitrogens is 1. The molecule has 0 fully saturated rings. The zero-order chi connectivity index (χ0) is 11.8. The van der Waals surface area contributed by atoms with Crippen molar-refractivity contribution < 1.29 is 4.79 Å². The second-order valence-corrected chi connectivity index (χ2v) is 4.63. The minimum Gasteiger partial charge on any atom is -0.326 e. The van der Waals surface area contributed by atoms with Crippen LogP contribution in [-0.4, -0.2) is 10.9 Å². The van der Waals surface area contributed by atoms with Crippen molar-refractivity contribution in [2.75, 3.05) is 5.32 Å². The third-order valence-electron chi connectivity index (χ3n) is 2.47. The molecule has 1 aromatic heterocycles. The fraction of sp³-hybridized carbons (Fsp3) is 0.0833. The predicted molar refractivity (Wildman–Crippen MR) is 66.2 cm³/mol. The highest BCUT2D eigenvalue weighted by Gasteiger charge is 2.12. The minimum absolute atomic E-state index is 0.0732. The van der Waals surface area contributed by atoms with Crippen LogP contribution in [0, 0.1) is 0 Å². The maximum absolute atomic E-state index is 10.9. The number of benzene rings is 1. The van der Waals surface area contributed by atoms with Gasteiger partial charge in [-0.25, -0.2) is 4.99 Å². The molecule has 4 nitrogen and oxygen atoms in total. The Morgan fingerprint density at radius 2 is 2.29 bits per heavy atom. The molecule has 0 saturated heterocycles. The standard InChI is InChI=1S/C12H9N3OS/c1-7(16)14-8-2-3-9-10(4-8)15-12(9)11-5-13-6-17-11/h2-6H,1H3,(H,14,16). The molecule has 1 amide bonds. The van der Waals surface area contributed by atoms with Gasteiger partial charge in [0.2, 0.25) is 5.91 Å². The van der Waals surface area contributed by atoms with E-state index in [9.17, 15) is 4.79 Å². The van der Waals surface area contributed by atoms with Crippen LogP contribution in [0.4, 0.5) is 5.69 Å². The van der Waals surface area contributed by atoms with Crippen LogP contribution in [0.2, 0.25) is 0 Å². The molecule has 2 heterocycles. The van der Waals surface area contributed by atoms with Crippen LogP contribution >= 0.6 is 11.3 Å². The maximum Gasteiger partial charge on any atom is 0.221 e. The van der Waals surface area contributed by atoms with Crippen LogP contribution in [0.15, 0.2) is 34.9 Å². The van der Waals surface area contributed by atoms with E-state index in [4.69, 9.17) is 0 Å². The molecule has 84 valence electrons.